The van der Waals surface area contributed by atoms with Crippen LogP contribution in [0.3, 0.4) is 0 Å². The van der Waals surface area contributed by atoms with Crippen LogP contribution in [-0.2, 0) is 24.9 Å². The molecule has 0 aliphatic heterocycles. The molecule has 204 valence electrons. The van der Waals surface area contributed by atoms with Crippen LogP contribution >= 0.6 is 0 Å². The van der Waals surface area contributed by atoms with E-state index in [2.05, 4.69) is 63.4 Å². The summed E-state index contributed by atoms with van der Waals surface area (Å²) in [4.78, 5) is 9.66. The largest absolute Gasteiger partial charge is 0.436 e. The maximum atomic E-state index is 9.68. The Balaban J connectivity index is 1.33. The van der Waals surface area contributed by atoms with Crippen molar-refractivity contribution >= 4 is 22.2 Å². The van der Waals surface area contributed by atoms with Crippen LogP contribution in [0.4, 0.5) is 0 Å². The van der Waals surface area contributed by atoms with Gasteiger partial charge in [0.25, 0.3) is 0 Å². The maximum Gasteiger partial charge on any atom is 0.227 e. The van der Waals surface area contributed by atoms with E-state index in [1.807, 2.05) is 54.6 Å². The van der Waals surface area contributed by atoms with Crippen molar-refractivity contribution < 1.29 is 13.9 Å². The van der Waals surface area contributed by atoms with Gasteiger partial charge in [-0.25, -0.2) is 9.97 Å². The molecule has 2 aromatic heterocycles. The number of benzene rings is 4. The average molecular weight is 541 g/mol. The number of hydrogen-bond acceptors (Lipinski definition) is 5. The van der Waals surface area contributed by atoms with Gasteiger partial charge in [-0.1, -0.05) is 56.3 Å². The Morgan fingerprint density at radius 1 is 0.707 bits per heavy atom. The second-order valence-electron chi connectivity index (χ2n) is 10.9. The number of aromatic nitrogens is 2. The van der Waals surface area contributed by atoms with Crippen molar-refractivity contribution in [1.29, 1.82) is 0 Å². The molecule has 1 N–H and O–H groups in total. The van der Waals surface area contributed by atoms with Crippen LogP contribution in [0.1, 0.15) is 41.7 Å². The number of nitrogens with zero attached hydrogens (tertiary/aromatic N) is 2. The van der Waals surface area contributed by atoms with Gasteiger partial charge in [-0.3, -0.25) is 0 Å². The molecule has 41 heavy (non-hydrogen) atoms. The normalized spacial score (nSPS) is 11.8. The van der Waals surface area contributed by atoms with E-state index in [4.69, 9.17) is 18.8 Å². The molecule has 2 heterocycles. The van der Waals surface area contributed by atoms with E-state index < -0.39 is 0 Å². The summed E-state index contributed by atoms with van der Waals surface area (Å²) in [6.45, 7) is 12.1. The highest BCUT2D eigenvalue weighted by molar-refractivity contribution is 5.79. The van der Waals surface area contributed by atoms with Gasteiger partial charge in [0.1, 0.15) is 11.0 Å². The Morgan fingerprint density at radius 3 is 1.90 bits per heavy atom. The average Bonchev–Trinajstić information content (AvgIpc) is 3.61. The number of hydrogen-bond donors (Lipinski definition) is 1. The Bertz CT molecular complexity index is 1910. The van der Waals surface area contributed by atoms with Gasteiger partial charge in [-0.05, 0) is 89.2 Å². The van der Waals surface area contributed by atoms with Crippen molar-refractivity contribution in [2.24, 2.45) is 0 Å². The second kappa shape index (κ2) is 10.7. The number of oxazole rings is 2. The molecule has 5 heteroatoms. The Labute approximate surface area is 239 Å². The third kappa shape index (κ3) is 5.01. The van der Waals surface area contributed by atoms with Crippen molar-refractivity contribution in [3.63, 3.8) is 0 Å². The van der Waals surface area contributed by atoms with Gasteiger partial charge in [-0.15, -0.1) is 13.2 Å². The van der Waals surface area contributed by atoms with Gasteiger partial charge in [0.05, 0.1) is 6.61 Å². The number of allylic oxidation sites excluding steroid dienone is 2. The topological polar surface area (TPSA) is 72.3 Å². The molecule has 0 fully saturated rings. The van der Waals surface area contributed by atoms with Crippen LogP contribution < -0.4 is 0 Å². The van der Waals surface area contributed by atoms with E-state index in [-0.39, 0.29) is 12.0 Å². The van der Waals surface area contributed by atoms with Gasteiger partial charge in [-0.2, -0.15) is 0 Å². The van der Waals surface area contributed by atoms with E-state index in [9.17, 15) is 5.11 Å². The molecule has 0 spiro atoms. The van der Waals surface area contributed by atoms with Gasteiger partial charge < -0.3 is 13.9 Å². The highest BCUT2D eigenvalue weighted by atomic mass is 16.4. The number of aliphatic hydroxyl groups is 1. The summed E-state index contributed by atoms with van der Waals surface area (Å²) in [5.41, 5.74) is 9.94. The first-order valence-corrected chi connectivity index (χ1v) is 13.8. The highest BCUT2D eigenvalue weighted by Crippen LogP contribution is 2.36. The van der Waals surface area contributed by atoms with Crippen LogP contribution in [0.25, 0.3) is 45.1 Å². The quantitative estimate of drug-likeness (QED) is 0.186. The summed E-state index contributed by atoms with van der Waals surface area (Å²) in [6, 6.07) is 26.5. The van der Waals surface area contributed by atoms with Crippen LogP contribution in [0.15, 0.2) is 113 Å². The zero-order chi connectivity index (χ0) is 28.6. The first-order chi connectivity index (χ1) is 19.9. The van der Waals surface area contributed by atoms with Gasteiger partial charge in [0, 0.05) is 16.5 Å². The molecule has 0 saturated heterocycles. The molecule has 0 unspecified atom stereocenters. The first-order valence-electron chi connectivity index (χ1n) is 13.8. The summed E-state index contributed by atoms with van der Waals surface area (Å²) in [5, 5.41) is 9.68. The van der Waals surface area contributed by atoms with Crippen LogP contribution in [-0.4, -0.2) is 15.1 Å². The lowest BCUT2D eigenvalue weighted by Crippen LogP contribution is -2.18. The zero-order valence-corrected chi connectivity index (χ0v) is 23.4. The summed E-state index contributed by atoms with van der Waals surface area (Å²) >= 11 is 0. The van der Waals surface area contributed by atoms with E-state index in [1.54, 1.807) is 0 Å². The summed E-state index contributed by atoms with van der Waals surface area (Å²) in [6.07, 6.45) is 5.20. The standard InChI is InChI=1S/C36H32N2O3/c1-5-8-23-10-7-11-25(18-23)34-37-30-20-28(14-16-32(30)40-34)36(3,4)29-15-17-33-31(21-29)38-35(41-33)26-12-13-27(22-39)24(19-26)9-6-2/h5-7,10-21,39H,1-2,8-9,22H2,3-4H3. The molecule has 6 rings (SSSR count). The van der Waals surface area contributed by atoms with Crippen molar-refractivity contribution in [1.82, 2.24) is 9.97 Å². The Morgan fingerprint density at radius 2 is 1.32 bits per heavy atom. The van der Waals surface area contributed by atoms with Crippen LogP contribution in [0.2, 0.25) is 0 Å². The molecule has 0 aliphatic rings. The minimum absolute atomic E-state index is 0.0141. The fourth-order valence-electron chi connectivity index (χ4n) is 5.30. The molecule has 0 saturated carbocycles. The molecule has 0 aliphatic carbocycles. The highest BCUT2D eigenvalue weighted by Gasteiger charge is 2.25. The fraction of sp³-hybridized carbons (Fsp3) is 0.167. The fourth-order valence-corrected chi connectivity index (χ4v) is 5.30. The number of fused-ring (bicyclic) bond motifs is 2. The van der Waals surface area contributed by atoms with Crippen molar-refractivity contribution in [3.05, 3.63) is 132 Å². The summed E-state index contributed by atoms with van der Waals surface area (Å²) < 4.78 is 12.3. The maximum absolute atomic E-state index is 9.68. The Hall–Kier alpha value is -4.74. The summed E-state index contributed by atoms with van der Waals surface area (Å²) in [5.74, 6) is 1.17. The molecule has 0 amide bonds. The zero-order valence-electron chi connectivity index (χ0n) is 23.4. The van der Waals surface area contributed by atoms with Gasteiger partial charge in [0.15, 0.2) is 11.2 Å². The lowest BCUT2D eigenvalue weighted by atomic mass is 9.78. The third-order valence-corrected chi connectivity index (χ3v) is 7.76. The lowest BCUT2D eigenvalue weighted by Gasteiger charge is -2.26. The van der Waals surface area contributed by atoms with Gasteiger partial charge >= 0.3 is 0 Å². The minimum Gasteiger partial charge on any atom is -0.436 e. The van der Waals surface area contributed by atoms with Gasteiger partial charge in [0.2, 0.25) is 11.8 Å². The molecule has 0 atom stereocenters. The van der Waals surface area contributed by atoms with Crippen molar-refractivity contribution in [3.8, 4) is 22.9 Å². The van der Waals surface area contributed by atoms with Crippen LogP contribution in [0, 0.1) is 0 Å². The van der Waals surface area contributed by atoms with Crippen molar-refractivity contribution in [2.45, 2.75) is 38.7 Å². The third-order valence-electron chi connectivity index (χ3n) is 7.76. The molecule has 5 nitrogen and oxygen atoms in total. The second-order valence-corrected chi connectivity index (χ2v) is 10.9. The monoisotopic (exact) mass is 540 g/mol. The molecular formula is C36H32N2O3. The predicted molar refractivity (Wildman–Crippen MR) is 165 cm³/mol. The first kappa shape index (κ1) is 26.5. The molecule has 4 aromatic carbocycles. The Kier molecular flexibility index (Phi) is 6.90. The van der Waals surface area contributed by atoms with E-state index in [0.29, 0.717) is 18.2 Å². The van der Waals surface area contributed by atoms with E-state index >= 15 is 0 Å². The van der Waals surface area contributed by atoms with Crippen molar-refractivity contribution in [2.75, 3.05) is 0 Å². The molecule has 6 aromatic rings. The summed E-state index contributed by atoms with van der Waals surface area (Å²) in [7, 11) is 0. The SMILES string of the molecule is C=CCc1cccc(-c2nc3cc(C(C)(C)c4ccc5oc(-c6ccc(CO)c(CC=C)c6)nc5c4)ccc3o2)c1. The lowest BCUT2D eigenvalue weighted by molar-refractivity contribution is 0.281. The van der Waals surface area contributed by atoms with E-state index in [0.717, 1.165) is 62.0 Å². The molecule has 0 bridgehead atoms. The minimum atomic E-state index is -0.315. The van der Waals surface area contributed by atoms with Crippen LogP contribution in [0.5, 0.6) is 0 Å². The number of aliphatic hydroxyl groups excluding tert-OH is 1. The van der Waals surface area contributed by atoms with E-state index in [1.165, 1.54) is 5.56 Å². The molecule has 0 radical (unpaired) electrons. The molecular weight excluding hydrogens is 508 g/mol. The predicted octanol–water partition coefficient (Wildman–Crippen LogP) is 8.58. The number of rotatable bonds is 9. The smallest absolute Gasteiger partial charge is 0.227 e.